The van der Waals surface area contributed by atoms with Gasteiger partial charge in [-0.2, -0.15) is 0 Å². The van der Waals surface area contributed by atoms with Crippen LogP contribution in [0.3, 0.4) is 0 Å². The molecule has 0 bridgehead atoms. The number of aromatic hydroxyl groups is 4. The second-order valence-electron chi connectivity index (χ2n) is 10.9. The molecule has 6 aromatic rings. The Labute approximate surface area is 236 Å². The summed E-state index contributed by atoms with van der Waals surface area (Å²) in [5.41, 5.74) is 9.53. The van der Waals surface area contributed by atoms with Crippen LogP contribution in [0.1, 0.15) is 27.8 Å². The molecule has 2 heterocycles. The molecule has 200 valence electrons. The number of aromatic nitrogens is 2. The largest absolute Gasteiger partial charge is 0.494 e. The van der Waals surface area contributed by atoms with E-state index < -0.39 is 5.41 Å². The van der Waals surface area contributed by atoms with Gasteiger partial charge in [-0.15, -0.1) is 0 Å². The van der Waals surface area contributed by atoms with E-state index in [9.17, 15) is 20.4 Å². The molecule has 0 unspecified atom stereocenters. The van der Waals surface area contributed by atoms with Crippen molar-refractivity contribution in [1.29, 1.82) is 0 Å². The first kappa shape index (κ1) is 23.5. The smallest absolute Gasteiger partial charge is 0.207 e. The molecule has 0 amide bonds. The Balaban J connectivity index is 1.33. The van der Waals surface area contributed by atoms with E-state index in [0.29, 0.717) is 27.9 Å². The molecule has 0 saturated carbocycles. The maximum Gasteiger partial charge on any atom is 0.207 e. The molecule has 2 aromatic heterocycles. The van der Waals surface area contributed by atoms with Crippen molar-refractivity contribution in [3.05, 3.63) is 125 Å². The van der Waals surface area contributed by atoms with Gasteiger partial charge in [-0.1, -0.05) is 90.5 Å². The fourth-order valence-electron chi connectivity index (χ4n) is 7.02. The highest BCUT2D eigenvalue weighted by atomic mass is 16.3. The predicted octanol–water partition coefficient (Wildman–Crippen LogP) is 6.96. The SMILES string of the molecule is Cc1ccc(C2(c3ccc(-n4c(O)c5c(c4O)-c4c-5c(O)n(C)c4O)cc3)c3ccccc3-c3ccccc32)cc1. The lowest BCUT2D eigenvalue weighted by Gasteiger charge is -2.34. The summed E-state index contributed by atoms with van der Waals surface area (Å²) in [5.74, 6) is -0.704. The van der Waals surface area contributed by atoms with Crippen LogP contribution < -0.4 is 0 Å². The van der Waals surface area contributed by atoms with Crippen LogP contribution in [-0.2, 0) is 12.5 Å². The van der Waals surface area contributed by atoms with Gasteiger partial charge in [0.2, 0.25) is 23.5 Å². The highest BCUT2D eigenvalue weighted by Gasteiger charge is 2.46. The summed E-state index contributed by atoms with van der Waals surface area (Å²) in [6.45, 7) is 2.09. The molecule has 2 aliphatic carbocycles. The molecule has 0 spiro atoms. The van der Waals surface area contributed by atoms with Crippen molar-refractivity contribution in [2.24, 2.45) is 7.05 Å². The quantitative estimate of drug-likeness (QED) is 0.196. The average molecular weight is 539 g/mol. The summed E-state index contributed by atoms with van der Waals surface area (Å²) in [5, 5.41) is 43.3. The molecule has 8 rings (SSSR count). The first-order chi connectivity index (χ1) is 19.9. The second-order valence-corrected chi connectivity index (χ2v) is 10.9. The number of benzene rings is 4. The fourth-order valence-corrected chi connectivity index (χ4v) is 7.02. The van der Waals surface area contributed by atoms with E-state index in [0.717, 1.165) is 11.1 Å². The molecule has 0 radical (unpaired) electrons. The molecule has 4 aromatic carbocycles. The lowest BCUT2D eigenvalue weighted by molar-refractivity contribution is 0.387. The monoisotopic (exact) mass is 538 g/mol. The van der Waals surface area contributed by atoms with E-state index in [-0.39, 0.29) is 23.5 Å². The molecule has 41 heavy (non-hydrogen) atoms. The van der Waals surface area contributed by atoms with Gasteiger partial charge in [0.15, 0.2) is 0 Å². The van der Waals surface area contributed by atoms with Gasteiger partial charge >= 0.3 is 0 Å². The molecular formula is C35H26N2O4. The lowest BCUT2D eigenvalue weighted by atomic mass is 9.67. The van der Waals surface area contributed by atoms with Crippen LogP contribution in [0.25, 0.3) is 39.1 Å². The second kappa shape index (κ2) is 7.86. The highest BCUT2D eigenvalue weighted by Crippen LogP contribution is 2.65. The van der Waals surface area contributed by atoms with Gasteiger partial charge in [-0.25, -0.2) is 0 Å². The van der Waals surface area contributed by atoms with Crippen LogP contribution in [0.2, 0.25) is 0 Å². The molecule has 0 atom stereocenters. The van der Waals surface area contributed by atoms with E-state index in [1.807, 2.05) is 24.3 Å². The minimum Gasteiger partial charge on any atom is -0.494 e. The van der Waals surface area contributed by atoms with Gasteiger partial charge < -0.3 is 20.4 Å². The van der Waals surface area contributed by atoms with E-state index in [4.69, 9.17) is 0 Å². The molecule has 0 saturated heterocycles. The summed E-state index contributed by atoms with van der Waals surface area (Å²) in [6.07, 6.45) is 0. The van der Waals surface area contributed by atoms with Crippen LogP contribution in [-0.4, -0.2) is 29.6 Å². The van der Waals surface area contributed by atoms with Crippen molar-refractivity contribution in [1.82, 2.24) is 9.13 Å². The standard InChI is InChI=1S/C35H26N2O4/c1-19-11-13-20(14-12-19)35(25-9-5-3-7-23(25)24-8-4-6-10-26(24)35)21-15-17-22(18-16-21)37-33(40)29-27-28(30(29)34(37)41)32(39)36(2)31(27)38/h3-18,38-41H,1-2H3. The third kappa shape index (κ3) is 2.71. The number of fused-ring (bicyclic) bond motifs is 7. The van der Waals surface area contributed by atoms with E-state index >= 15 is 0 Å². The molecular weight excluding hydrogens is 512 g/mol. The first-order valence-corrected chi connectivity index (χ1v) is 13.5. The third-order valence-corrected chi connectivity index (χ3v) is 8.95. The van der Waals surface area contributed by atoms with Crippen LogP contribution >= 0.6 is 0 Å². The highest BCUT2D eigenvalue weighted by molar-refractivity contribution is 6.12. The van der Waals surface area contributed by atoms with Gasteiger partial charge in [0, 0.05) is 7.05 Å². The molecule has 0 aliphatic heterocycles. The minimum absolute atomic E-state index is 0.161. The normalized spacial score (nSPS) is 13.7. The zero-order chi connectivity index (χ0) is 28.2. The number of aryl methyl sites for hydroxylation is 1. The summed E-state index contributed by atoms with van der Waals surface area (Å²) in [6, 6.07) is 33.6. The Morgan fingerprint density at radius 3 is 1.41 bits per heavy atom. The van der Waals surface area contributed by atoms with Crippen LogP contribution in [0.4, 0.5) is 0 Å². The Morgan fingerprint density at radius 1 is 0.512 bits per heavy atom. The van der Waals surface area contributed by atoms with Gasteiger partial charge in [0.05, 0.1) is 33.4 Å². The van der Waals surface area contributed by atoms with Crippen LogP contribution in [0.5, 0.6) is 23.5 Å². The molecule has 2 aliphatic rings. The summed E-state index contributed by atoms with van der Waals surface area (Å²) >= 11 is 0. The van der Waals surface area contributed by atoms with Crippen molar-refractivity contribution in [3.63, 3.8) is 0 Å². The lowest BCUT2D eigenvalue weighted by Crippen LogP contribution is -2.28. The van der Waals surface area contributed by atoms with Crippen molar-refractivity contribution in [2.45, 2.75) is 12.3 Å². The van der Waals surface area contributed by atoms with Gasteiger partial charge in [0.25, 0.3) is 0 Å². The Morgan fingerprint density at radius 2 is 0.927 bits per heavy atom. The van der Waals surface area contributed by atoms with Crippen LogP contribution in [0.15, 0.2) is 97.1 Å². The molecule has 0 fully saturated rings. The summed E-state index contributed by atoms with van der Waals surface area (Å²) < 4.78 is 2.58. The van der Waals surface area contributed by atoms with E-state index in [1.165, 1.54) is 44.0 Å². The van der Waals surface area contributed by atoms with Crippen molar-refractivity contribution >= 4 is 0 Å². The predicted molar refractivity (Wildman–Crippen MR) is 158 cm³/mol. The first-order valence-electron chi connectivity index (χ1n) is 13.5. The summed E-state index contributed by atoms with van der Waals surface area (Å²) in [4.78, 5) is 0. The average Bonchev–Trinajstić information content (AvgIpc) is 3.46. The van der Waals surface area contributed by atoms with Crippen LogP contribution in [0, 0.1) is 6.92 Å². The molecule has 4 N–H and O–H groups in total. The van der Waals surface area contributed by atoms with Gasteiger partial charge in [-0.05, 0) is 52.4 Å². The summed E-state index contributed by atoms with van der Waals surface area (Å²) in [7, 11) is 1.52. The van der Waals surface area contributed by atoms with E-state index in [1.54, 1.807) is 0 Å². The van der Waals surface area contributed by atoms with E-state index in [2.05, 4.69) is 79.7 Å². The zero-order valence-electron chi connectivity index (χ0n) is 22.4. The van der Waals surface area contributed by atoms with Gasteiger partial charge in [0.1, 0.15) is 0 Å². The zero-order valence-corrected chi connectivity index (χ0v) is 22.4. The minimum atomic E-state index is -0.556. The Bertz CT molecular complexity index is 1950. The van der Waals surface area contributed by atoms with Crippen molar-refractivity contribution in [3.8, 4) is 62.6 Å². The molecule has 6 nitrogen and oxygen atoms in total. The fraction of sp³-hybridized carbons (Fsp3) is 0.0857. The number of hydrogen-bond acceptors (Lipinski definition) is 4. The Kier molecular flexibility index (Phi) is 4.51. The number of nitrogens with zero attached hydrogens (tertiary/aromatic N) is 2. The topological polar surface area (TPSA) is 90.8 Å². The van der Waals surface area contributed by atoms with Crippen molar-refractivity contribution < 1.29 is 20.4 Å². The van der Waals surface area contributed by atoms with Crippen molar-refractivity contribution in [2.75, 3.05) is 0 Å². The maximum atomic E-state index is 11.2. The third-order valence-electron chi connectivity index (χ3n) is 8.95. The number of hydrogen-bond donors (Lipinski definition) is 4. The molecule has 6 heteroatoms. The van der Waals surface area contributed by atoms with Gasteiger partial charge in [-0.3, -0.25) is 9.13 Å². The number of rotatable bonds is 3. The maximum absolute atomic E-state index is 11.2. The Hall–Kier alpha value is -5.36.